The van der Waals surface area contributed by atoms with E-state index >= 15 is 0 Å². The fraction of sp³-hybridized carbons (Fsp3) is 0.364. The average molecular weight is 453 g/mol. The number of carboxylic acids is 1. The van der Waals surface area contributed by atoms with Crippen LogP contribution in [0.15, 0.2) is 42.5 Å². The molecule has 3 rings (SSSR count). The number of carboxylic acid groups (broad SMARTS) is 1. The van der Waals surface area contributed by atoms with Crippen molar-refractivity contribution < 1.29 is 42.1 Å². The molecule has 10 heteroatoms. The van der Waals surface area contributed by atoms with Crippen LogP contribution >= 0.6 is 0 Å². The number of likely N-dealkylation sites (tertiary alicyclic amines) is 1. The minimum Gasteiger partial charge on any atom is -0.487 e. The molecule has 0 saturated carbocycles. The molecular formula is C22H22F3NO6. The van der Waals surface area contributed by atoms with Crippen LogP contribution in [0.2, 0.25) is 0 Å². The zero-order valence-electron chi connectivity index (χ0n) is 17.6. The van der Waals surface area contributed by atoms with Crippen molar-refractivity contribution >= 4 is 12.1 Å². The molecule has 0 atom stereocenters. The van der Waals surface area contributed by atoms with Gasteiger partial charge in [-0.1, -0.05) is 12.1 Å². The van der Waals surface area contributed by atoms with E-state index < -0.39 is 29.8 Å². The first-order valence-corrected chi connectivity index (χ1v) is 9.68. The summed E-state index contributed by atoms with van der Waals surface area (Å²) in [6, 6.07) is 9.38. The minimum atomic E-state index is -4.85. The van der Waals surface area contributed by atoms with E-state index in [1.165, 1.54) is 35.2 Å². The van der Waals surface area contributed by atoms with Crippen LogP contribution in [0, 0.1) is 0 Å². The molecule has 7 nitrogen and oxygen atoms in total. The van der Waals surface area contributed by atoms with Crippen LogP contribution in [0.5, 0.6) is 11.5 Å². The predicted molar refractivity (Wildman–Crippen MR) is 108 cm³/mol. The molecule has 1 N–H and O–H groups in total. The highest BCUT2D eigenvalue weighted by molar-refractivity contribution is 5.90. The first-order chi connectivity index (χ1) is 14.8. The van der Waals surface area contributed by atoms with Gasteiger partial charge in [-0.25, -0.2) is 9.59 Å². The highest BCUT2D eigenvalue weighted by atomic mass is 19.4. The van der Waals surface area contributed by atoms with E-state index in [1.807, 2.05) is 0 Å². The summed E-state index contributed by atoms with van der Waals surface area (Å²) in [5.74, 6) is -1.43. The van der Waals surface area contributed by atoms with Gasteiger partial charge in [0.1, 0.15) is 23.2 Å². The van der Waals surface area contributed by atoms with Gasteiger partial charge >= 0.3 is 18.4 Å². The van der Waals surface area contributed by atoms with Gasteiger partial charge in [0.05, 0.1) is 18.7 Å². The van der Waals surface area contributed by atoms with Gasteiger partial charge in [0.25, 0.3) is 0 Å². The van der Waals surface area contributed by atoms with Crippen LogP contribution in [-0.4, -0.2) is 53.2 Å². The van der Waals surface area contributed by atoms with Gasteiger partial charge in [-0.3, -0.25) is 0 Å². The maximum atomic E-state index is 12.5. The fourth-order valence-corrected chi connectivity index (χ4v) is 3.01. The number of hydrogen-bond donors (Lipinski definition) is 1. The predicted octanol–water partition coefficient (Wildman–Crippen LogP) is 4.95. The summed E-state index contributed by atoms with van der Waals surface area (Å²) in [6.45, 7) is 5.79. The summed E-state index contributed by atoms with van der Waals surface area (Å²) >= 11 is 0. The lowest BCUT2D eigenvalue weighted by molar-refractivity contribution is -0.274. The Balaban J connectivity index is 1.76. The number of nitrogens with zero attached hydrogens (tertiary/aromatic N) is 1. The number of ether oxygens (including phenoxy) is 3. The summed E-state index contributed by atoms with van der Waals surface area (Å²) in [6.07, 6.45) is -5.70. The molecule has 0 radical (unpaired) electrons. The van der Waals surface area contributed by atoms with Crippen molar-refractivity contribution in [2.45, 2.75) is 38.8 Å². The van der Waals surface area contributed by atoms with Crippen LogP contribution in [0.1, 0.15) is 31.1 Å². The van der Waals surface area contributed by atoms with E-state index in [1.54, 1.807) is 20.8 Å². The Labute approximate surface area is 182 Å². The smallest absolute Gasteiger partial charge is 0.487 e. The molecule has 0 bridgehead atoms. The summed E-state index contributed by atoms with van der Waals surface area (Å²) < 4.78 is 52.6. The maximum absolute atomic E-state index is 12.5. The van der Waals surface area contributed by atoms with Crippen molar-refractivity contribution in [2.75, 3.05) is 13.1 Å². The van der Waals surface area contributed by atoms with Crippen molar-refractivity contribution in [2.24, 2.45) is 0 Å². The van der Waals surface area contributed by atoms with Crippen LogP contribution in [0.3, 0.4) is 0 Å². The Morgan fingerprint density at radius 3 is 2.25 bits per heavy atom. The zero-order chi connectivity index (χ0) is 23.7. The van der Waals surface area contributed by atoms with E-state index in [2.05, 4.69) is 4.74 Å². The number of hydrogen-bond acceptors (Lipinski definition) is 5. The lowest BCUT2D eigenvalue weighted by atomic mass is 10.0. The van der Waals surface area contributed by atoms with E-state index in [0.717, 1.165) is 12.1 Å². The normalized spacial score (nSPS) is 14.5. The van der Waals surface area contributed by atoms with Crippen LogP contribution in [0.4, 0.5) is 18.0 Å². The van der Waals surface area contributed by atoms with Gasteiger partial charge in [-0.15, -0.1) is 13.2 Å². The molecule has 0 aromatic heterocycles. The third-order valence-electron chi connectivity index (χ3n) is 4.36. The van der Waals surface area contributed by atoms with Crippen molar-refractivity contribution in [3.05, 3.63) is 48.0 Å². The molecule has 32 heavy (non-hydrogen) atoms. The number of alkyl halides is 3. The second kappa shape index (κ2) is 8.60. The van der Waals surface area contributed by atoms with E-state index in [-0.39, 0.29) is 30.5 Å². The molecule has 172 valence electrons. The molecule has 1 amide bonds. The number of aromatic carboxylic acids is 1. The number of halogens is 3. The van der Waals surface area contributed by atoms with Crippen molar-refractivity contribution in [3.63, 3.8) is 0 Å². The molecule has 1 saturated heterocycles. The molecule has 0 unspecified atom stereocenters. The fourth-order valence-electron chi connectivity index (χ4n) is 3.01. The quantitative estimate of drug-likeness (QED) is 0.690. The molecular weight excluding hydrogens is 431 g/mol. The Morgan fingerprint density at radius 1 is 1.00 bits per heavy atom. The summed E-state index contributed by atoms with van der Waals surface area (Å²) in [5, 5.41) is 9.42. The highest BCUT2D eigenvalue weighted by Crippen LogP contribution is 2.32. The summed E-state index contributed by atoms with van der Waals surface area (Å²) in [5.41, 5.74) is -0.0551. The van der Waals surface area contributed by atoms with Gasteiger partial charge in [-0.2, -0.15) is 0 Å². The monoisotopic (exact) mass is 453 g/mol. The molecule has 0 aliphatic carbocycles. The van der Waals surface area contributed by atoms with Gasteiger partial charge in [0.15, 0.2) is 0 Å². The first kappa shape index (κ1) is 23.2. The van der Waals surface area contributed by atoms with E-state index in [9.17, 15) is 27.9 Å². The minimum absolute atomic E-state index is 0.0945. The molecule has 1 aliphatic rings. The Bertz CT molecular complexity index is 1010. The second-order valence-electron chi connectivity index (χ2n) is 8.25. The topological polar surface area (TPSA) is 85.3 Å². The third kappa shape index (κ3) is 6.29. The van der Waals surface area contributed by atoms with Gasteiger partial charge < -0.3 is 24.2 Å². The maximum Gasteiger partial charge on any atom is 0.573 e. The lowest BCUT2D eigenvalue weighted by Gasteiger charge is -2.39. The molecule has 1 heterocycles. The van der Waals surface area contributed by atoms with Crippen molar-refractivity contribution in [1.29, 1.82) is 0 Å². The molecule has 2 aromatic carbocycles. The highest BCUT2D eigenvalue weighted by Gasteiger charge is 2.35. The van der Waals surface area contributed by atoms with Crippen LogP contribution in [-0.2, 0) is 4.74 Å². The lowest BCUT2D eigenvalue weighted by Crippen LogP contribution is -2.57. The number of rotatable bonds is 5. The molecule has 1 aliphatic heterocycles. The average Bonchev–Trinajstić information content (AvgIpc) is 2.61. The number of amides is 1. The molecule has 1 fully saturated rings. The molecule has 2 aromatic rings. The SMILES string of the molecule is CC(C)(C)OC(=O)N1CC(Oc2cc(C(=O)O)cc(-c3cccc(OC(F)(F)F)c3)c2)C1. The van der Waals surface area contributed by atoms with Crippen molar-refractivity contribution in [3.8, 4) is 22.6 Å². The first-order valence-electron chi connectivity index (χ1n) is 9.68. The summed E-state index contributed by atoms with van der Waals surface area (Å²) in [4.78, 5) is 25.0. The Kier molecular flexibility index (Phi) is 6.25. The molecule has 0 spiro atoms. The van der Waals surface area contributed by atoms with Gasteiger partial charge in [0.2, 0.25) is 0 Å². The zero-order valence-corrected chi connectivity index (χ0v) is 17.6. The van der Waals surface area contributed by atoms with Crippen LogP contribution in [0.25, 0.3) is 11.1 Å². The van der Waals surface area contributed by atoms with E-state index in [0.29, 0.717) is 11.1 Å². The van der Waals surface area contributed by atoms with E-state index in [4.69, 9.17) is 9.47 Å². The third-order valence-corrected chi connectivity index (χ3v) is 4.36. The second-order valence-corrected chi connectivity index (χ2v) is 8.25. The number of benzene rings is 2. The van der Waals surface area contributed by atoms with Crippen LogP contribution < -0.4 is 9.47 Å². The Morgan fingerprint density at radius 2 is 1.66 bits per heavy atom. The van der Waals surface area contributed by atoms with Gasteiger partial charge in [0, 0.05) is 0 Å². The number of carbonyl (C=O) groups is 2. The Hall–Kier alpha value is -3.43. The standard InChI is InChI=1S/C22H22F3NO6/c1-21(2,3)32-20(29)26-11-18(12-26)30-17-9-14(7-15(10-17)19(27)28)13-5-4-6-16(8-13)31-22(23,24)25/h4-10,18H,11-12H2,1-3H3,(H,27,28). The van der Waals surface area contributed by atoms with Gasteiger partial charge in [-0.05, 0) is 62.2 Å². The number of carbonyl (C=O) groups excluding carboxylic acids is 1. The largest absolute Gasteiger partial charge is 0.573 e. The summed E-state index contributed by atoms with van der Waals surface area (Å²) in [7, 11) is 0. The van der Waals surface area contributed by atoms with Crippen molar-refractivity contribution in [1.82, 2.24) is 4.90 Å².